The van der Waals surface area contributed by atoms with Crippen LogP contribution in [0.2, 0.25) is 0 Å². The van der Waals surface area contributed by atoms with Gasteiger partial charge in [-0.1, -0.05) is 31.5 Å². The minimum atomic E-state index is 0.404. The molecule has 0 aromatic heterocycles. The van der Waals surface area contributed by atoms with Crippen LogP contribution in [-0.2, 0) is 6.54 Å². The number of aromatic hydroxyl groups is 1. The maximum Gasteiger partial charge on any atom is 0.120 e. The van der Waals surface area contributed by atoms with E-state index in [2.05, 4.69) is 12.2 Å². The van der Waals surface area contributed by atoms with Crippen LogP contribution in [-0.4, -0.2) is 11.1 Å². The normalized spacial score (nSPS) is 17.3. The second-order valence-corrected chi connectivity index (χ2v) is 4.74. The van der Waals surface area contributed by atoms with E-state index in [4.69, 9.17) is 0 Å². The van der Waals surface area contributed by atoms with Gasteiger partial charge in [-0.15, -0.1) is 0 Å². The average molecular weight is 219 g/mol. The molecule has 2 N–H and O–H groups in total. The molecular formula is C14H21NO. The number of benzene rings is 1. The van der Waals surface area contributed by atoms with E-state index >= 15 is 0 Å². The zero-order valence-electron chi connectivity index (χ0n) is 9.95. The van der Waals surface area contributed by atoms with Crippen LogP contribution < -0.4 is 5.32 Å². The first kappa shape index (κ1) is 11.5. The van der Waals surface area contributed by atoms with E-state index in [1.165, 1.54) is 25.7 Å². The smallest absolute Gasteiger partial charge is 0.120 e. The van der Waals surface area contributed by atoms with Gasteiger partial charge in [0.1, 0.15) is 5.75 Å². The van der Waals surface area contributed by atoms with Crippen molar-refractivity contribution in [3.63, 3.8) is 0 Å². The molecule has 1 aromatic carbocycles. The average Bonchev–Trinajstić information content (AvgIpc) is 3.10. The molecule has 0 spiro atoms. The minimum absolute atomic E-state index is 0.404. The fourth-order valence-electron chi connectivity index (χ4n) is 2.22. The maximum atomic E-state index is 9.67. The molecule has 1 aliphatic carbocycles. The highest BCUT2D eigenvalue weighted by atomic mass is 16.3. The first-order valence-electron chi connectivity index (χ1n) is 6.31. The molecule has 0 aliphatic heterocycles. The van der Waals surface area contributed by atoms with Crippen molar-refractivity contribution in [2.75, 3.05) is 0 Å². The molecule has 2 heteroatoms. The van der Waals surface area contributed by atoms with Crippen molar-refractivity contribution >= 4 is 0 Å². The lowest BCUT2D eigenvalue weighted by molar-refractivity contribution is 0.418. The molecule has 1 saturated carbocycles. The summed E-state index contributed by atoms with van der Waals surface area (Å²) in [7, 11) is 0. The van der Waals surface area contributed by atoms with Gasteiger partial charge in [-0.05, 0) is 31.2 Å². The summed E-state index contributed by atoms with van der Waals surface area (Å²) in [5.74, 6) is 1.28. The van der Waals surface area contributed by atoms with Crippen molar-refractivity contribution < 1.29 is 5.11 Å². The molecule has 2 nitrogen and oxygen atoms in total. The van der Waals surface area contributed by atoms with Gasteiger partial charge in [-0.2, -0.15) is 0 Å². The van der Waals surface area contributed by atoms with Crippen molar-refractivity contribution in [3.8, 4) is 5.75 Å². The maximum absolute atomic E-state index is 9.67. The Morgan fingerprint density at radius 1 is 1.38 bits per heavy atom. The highest BCUT2D eigenvalue weighted by Crippen LogP contribution is 2.34. The van der Waals surface area contributed by atoms with Crippen LogP contribution in [0.15, 0.2) is 24.3 Å². The summed E-state index contributed by atoms with van der Waals surface area (Å²) in [6, 6.07) is 8.22. The van der Waals surface area contributed by atoms with E-state index in [0.717, 1.165) is 18.0 Å². The lowest BCUT2D eigenvalue weighted by atomic mass is 10.1. The summed E-state index contributed by atoms with van der Waals surface area (Å²) in [6.07, 6.45) is 5.23. The minimum Gasteiger partial charge on any atom is -0.508 e. The number of hydrogen-bond donors (Lipinski definition) is 2. The quantitative estimate of drug-likeness (QED) is 0.770. The Morgan fingerprint density at radius 3 is 2.75 bits per heavy atom. The highest BCUT2D eigenvalue weighted by Gasteiger charge is 2.29. The van der Waals surface area contributed by atoms with Crippen molar-refractivity contribution in [3.05, 3.63) is 29.8 Å². The number of phenolic OH excluding ortho intramolecular Hbond substituents is 1. The molecule has 2 rings (SSSR count). The summed E-state index contributed by atoms with van der Waals surface area (Å²) >= 11 is 0. The van der Waals surface area contributed by atoms with Crippen molar-refractivity contribution in [2.24, 2.45) is 5.92 Å². The highest BCUT2D eigenvalue weighted by molar-refractivity contribution is 5.31. The van der Waals surface area contributed by atoms with Gasteiger partial charge >= 0.3 is 0 Å². The molecule has 0 heterocycles. The second-order valence-electron chi connectivity index (χ2n) is 4.74. The zero-order valence-corrected chi connectivity index (χ0v) is 9.95. The van der Waals surface area contributed by atoms with Crippen LogP contribution in [0.4, 0.5) is 0 Å². The van der Waals surface area contributed by atoms with E-state index in [1.54, 1.807) is 6.07 Å². The Kier molecular flexibility index (Phi) is 3.83. The fourth-order valence-corrected chi connectivity index (χ4v) is 2.22. The molecule has 1 atom stereocenters. The molecule has 0 saturated heterocycles. The summed E-state index contributed by atoms with van der Waals surface area (Å²) in [4.78, 5) is 0. The Morgan fingerprint density at radius 2 is 2.12 bits per heavy atom. The largest absolute Gasteiger partial charge is 0.508 e. The van der Waals surface area contributed by atoms with Crippen LogP contribution in [0.25, 0.3) is 0 Å². The van der Waals surface area contributed by atoms with Crippen LogP contribution in [0.1, 0.15) is 38.2 Å². The molecular weight excluding hydrogens is 198 g/mol. The van der Waals surface area contributed by atoms with Crippen LogP contribution >= 0.6 is 0 Å². The number of phenols is 1. The van der Waals surface area contributed by atoms with Crippen LogP contribution in [0.3, 0.4) is 0 Å². The lowest BCUT2D eigenvalue weighted by Gasteiger charge is -2.17. The van der Waals surface area contributed by atoms with Crippen LogP contribution in [0.5, 0.6) is 5.75 Å². The summed E-state index contributed by atoms with van der Waals surface area (Å²) in [5.41, 5.74) is 1.00. The third-order valence-electron chi connectivity index (χ3n) is 3.34. The van der Waals surface area contributed by atoms with Gasteiger partial charge < -0.3 is 10.4 Å². The van der Waals surface area contributed by atoms with Gasteiger partial charge in [-0.3, -0.25) is 0 Å². The fraction of sp³-hybridized carbons (Fsp3) is 0.571. The van der Waals surface area contributed by atoms with Crippen molar-refractivity contribution in [1.29, 1.82) is 0 Å². The van der Waals surface area contributed by atoms with E-state index in [0.29, 0.717) is 11.8 Å². The molecule has 1 fully saturated rings. The second kappa shape index (κ2) is 5.35. The predicted octanol–water partition coefficient (Wildman–Crippen LogP) is 3.06. The molecule has 0 amide bonds. The molecule has 1 aromatic rings. The molecule has 1 aliphatic rings. The van der Waals surface area contributed by atoms with Gasteiger partial charge in [0.05, 0.1) is 0 Å². The van der Waals surface area contributed by atoms with Gasteiger partial charge in [0.25, 0.3) is 0 Å². The topological polar surface area (TPSA) is 32.3 Å². The van der Waals surface area contributed by atoms with Gasteiger partial charge in [0.15, 0.2) is 0 Å². The molecule has 16 heavy (non-hydrogen) atoms. The Hall–Kier alpha value is -1.02. The predicted molar refractivity (Wildman–Crippen MR) is 66.4 cm³/mol. The van der Waals surface area contributed by atoms with Gasteiger partial charge in [0, 0.05) is 18.2 Å². The van der Waals surface area contributed by atoms with E-state index in [1.807, 2.05) is 18.2 Å². The van der Waals surface area contributed by atoms with Crippen molar-refractivity contribution in [1.82, 2.24) is 5.32 Å². The molecule has 0 radical (unpaired) electrons. The molecule has 0 bridgehead atoms. The standard InChI is InChI=1S/C14H21NO/c1-2-5-13(11-8-9-11)15-10-12-6-3-4-7-14(12)16/h3-4,6-7,11,13,15-16H,2,5,8-10H2,1H3. The zero-order chi connectivity index (χ0) is 11.4. The van der Waals surface area contributed by atoms with E-state index in [9.17, 15) is 5.11 Å². The SMILES string of the molecule is CCCC(NCc1ccccc1O)C1CC1. The first-order valence-corrected chi connectivity index (χ1v) is 6.31. The number of hydrogen-bond acceptors (Lipinski definition) is 2. The number of nitrogens with one attached hydrogen (secondary N) is 1. The Labute approximate surface area is 97.7 Å². The molecule has 88 valence electrons. The molecule has 1 unspecified atom stereocenters. The van der Waals surface area contributed by atoms with E-state index in [-0.39, 0.29) is 0 Å². The number of para-hydroxylation sites is 1. The van der Waals surface area contributed by atoms with Gasteiger partial charge in [-0.25, -0.2) is 0 Å². The monoisotopic (exact) mass is 219 g/mol. The van der Waals surface area contributed by atoms with E-state index < -0.39 is 0 Å². The third-order valence-corrected chi connectivity index (χ3v) is 3.34. The lowest BCUT2D eigenvalue weighted by Crippen LogP contribution is -2.30. The summed E-state index contributed by atoms with van der Waals surface area (Å²) in [5, 5.41) is 13.2. The summed E-state index contributed by atoms with van der Waals surface area (Å²) in [6.45, 7) is 3.02. The first-order chi connectivity index (χ1) is 7.81. The Balaban J connectivity index is 1.87. The van der Waals surface area contributed by atoms with Crippen LogP contribution in [0, 0.1) is 5.92 Å². The number of rotatable bonds is 6. The van der Waals surface area contributed by atoms with Gasteiger partial charge in [0.2, 0.25) is 0 Å². The third kappa shape index (κ3) is 2.99. The summed E-state index contributed by atoms with van der Waals surface area (Å²) < 4.78 is 0. The van der Waals surface area contributed by atoms with Crippen molar-refractivity contribution in [2.45, 2.75) is 45.2 Å². The Bertz CT molecular complexity index is 333.